The number of nitrogen functional groups attached to an aromatic ring is 2. The molecule has 0 aliphatic rings. The van der Waals surface area contributed by atoms with E-state index in [0.717, 1.165) is 37.6 Å². The molecule has 0 aliphatic heterocycles. The fourth-order valence-electron chi connectivity index (χ4n) is 2.84. The Morgan fingerprint density at radius 1 is 0.900 bits per heavy atom. The van der Waals surface area contributed by atoms with Gasteiger partial charge in [0.15, 0.2) is 0 Å². The van der Waals surface area contributed by atoms with Gasteiger partial charge in [-0.05, 0) is 70.2 Å². The number of rotatable bonds is 8. The Bertz CT molecular complexity index is 851. The van der Waals surface area contributed by atoms with Gasteiger partial charge in [0, 0.05) is 54.4 Å². The molecule has 0 spiro atoms. The van der Waals surface area contributed by atoms with E-state index >= 15 is 0 Å². The largest absolute Gasteiger partial charge is 0.399 e. The van der Waals surface area contributed by atoms with Crippen molar-refractivity contribution in [2.24, 2.45) is 0 Å². The summed E-state index contributed by atoms with van der Waals surface area (Å²) < 4.78 is 15.6. The van der Waals surface area contributed by atoms with E-state index in [1.165, 1.54) is 5.69 Å². The first kappa shape index (κ1) is 27.9. The Morgan fingerprint density at radius 3 is 1.77 bits per heavy atom. The maximum Gasteiger partial charge on any atom is 0.204 e. The fraction of sp³-hybridized carbons (Fsp3) is 0.429. The first-order valence-corrected chi connectivity index (χ1v) is 12.0. The molecule has 2 aromatic rings. The van der Waals surface area contributed by atoms with Crippen LogP contribution in [-0.4, -0.2) is 35.6 Å². The highest BCUT2D eigenvalue weighted by molar-refractivity contribution is 8.30. The molecule has 170 valence electrons. The lowest BCUT2D eigenvalue weighted by Gasteiger charge is -2.22. The van der Waals surface area contributed by atoms with E-state index in [-0.39, 0.29) is 18.0 Å². The minimum absolute atomic E-state index is 0. The molecular formula is C21H36N4O3S2. The van der Waals surface area contributed by atoms with E-state index < -0.39 is 8.77 Å². The normalized spacial score (nSPS) is 12.0. The monoisotopic (exact) mass is 456 g/mol. The zero-order chi connectivity index (χ0) is 22.0. The zero-order valence-electron chi connectivity index (χ0n) is 17.5. The Morgan fingerprint density at radius 2 is 1.33 bits per heavy atom. The predicted octanol–water partition coefficient (Wildman–Crippen LogP) is 4.38. The highest BCUT2D eigenvalue weighted by atomic mass is 32.8. The second kappa shape index (κ2) is 13.3. The minimum atomic E-state index is -3.36. The SMILES string of the molecule is C.CCN(CC)c1ccc(N)c(S(=O)(=S)OO)c1.CCN(CC)c1ccc(N)cc1. The van der Waals surface area contributed by atoms with Crippen LogP contribution < -0.4 is 21.3 Å². The van der Waals surface area contributed by atoms with Crippen LogP contribution >= 0.6 is 0 Å². The van der Waals surface area contributed by atoms with Crippen LogP contribution in [0.3, 0.4) is 0 Å². The molecule has 2 aromatic carbocycles. The van der Waals surface area contributed by atoms with Gasteiger partial charge in [0.25, 0.3) is 0 Å². The molecule has 1 atom stereocenters. The summed E-state index contributed by atoms with van der Waals surface area (Å²) in [6.07, 6.45) is 0. The van der Waals surface area contributed by atoms with Crippen LogP contribution in [0.1, 0.15) is 35.1 Å². The molecule has 9 heteroatoms. The van der Waals surface area contributed by atoms with Gasteiger partial charge >= 0.3 is 0 Å². The third kappa shape index (κ3) is 7.64. The number of nitrogens with zero attached hydrogens (tertiary/aromatic N) is 2. The van der Waals surface area contributed by atoms with Crippen LogP contribution in [0.15, 0.2) is 47.4 Å². The molecule has 7 nitrogen and oxygen atoms in total. The molecule has 2 rings (SSSR count). The molecule has 5 N–H and O–H groups in total. The molecular weight excluding hydrogens is 420 g/mol. The molecule has 0 aromatic heterocycles. The highest BCUT2D eigenvalue weighted by Crippen LogP contribution is 2.26. The van der Waals surface area contributed by atoms with E-state index in [0.29, 0.717) is 0 Å². The quantitative estimate of drug-likeness (QED) is 0.305. The lowest BCUT2D eigenvalue weighted by molar-refractivity contribution is -0.124. The predicted molar refractivity (Wildman–Crippen MR) is 133 cm³/mol. The summed E-state index contributed by atoms with van der Waals surface area (Å²) in [4.78, 5) is 4.48. The molecule has 0 radical (unpaired) electrons. The Labute approximate surface area is 186 Å². The zero-order valence-corrected chi connectivity index (χ0v) is 19.1. The lowest BCUT2D eigenvalue weighted by Crippen LogP contribution is -2.22. The standard InChI is InChI=1S/C10H16N2O3S2.C10H16N2.CH4/c1-3-12(4-2)8-5-6-9(11)10(7-8)17(14,16)15-13;1-3-12(4-2)10-7-5-9(11)6-8-10;/h5-7,13H,3-4,11H2,1-2H3;5-8H,3-4,11H2,1-2H3;1H4. The van der Waals surface area contributed by atoms with Crippen molar-refractivity contribution >= 4 is 42.7 Å². The summed E-state index contributed by atoms with van der Waals surface area (Å²) >= 11 is 4.67. The maximum absolute atomic E-state index is 11.8. The molecule has 1 unspecified atom stereocenters. The van der Waals surface area contributed by atoms with E-state index in [1.807, 2.05) is 36.9 Å². The third-order valence-electron chi connectivity index (χ3n) is 4.51. The summed E-state index contributed by atoms with van der Waals surface area (Å²) in [5, 5.41) is 8.57. The average Bonchev–Trinajstić information content (AvgIpc) is 2.72. The van der Waals surface area contributed by atoms with Gasteiger partial charge in [0.2, 0.25) is 8.77 Å². The van der Waals surface area contributed by atoms with Crippen molar-refractivity contribution in [2.75, 3.05) is 47.4 Å². The molecule has 30 heavy (non-hydrogen) atoms. The number of nitrogens with two attached hydrogens (primary N) is 2. The van der Waals surface area contributed by atoms with E-state index in [1.54, 1.807) is 12.1 Å². The Hall–Kier alpha value is -2.07. The van der Waals surface area contributed by atoms with Crippen LogP contribution in [-0.2, 0) is 24.3 Å². The van der Waals surface area contributed by atoms with Gasteiger partial charge < -0.3 is 21.3 Å². The van der Waals surface area contributed by atoms with Crippen LogP contribution in [0.4, 0.5) is 22.7 Å². The minimum Gasteiger partial charge on any atom is -0.399 e. The van der Waals surface area contributed by atoms with Crippen molar-refractivity contribution in [1.29, 1.82) is 0 Å². The maximum atomic E-state index is 11.8. The molecule has 0 fully saturated rings. The summed E-state index contributed by atoms with van der Waals surface area (Å²) in [5.41, 5.74) is 14.4. The Balaban J connectivity index is 0.000000573. The second-order valence-electron chi connectivity index (χ2n) is 6.19. The molecule has 0 bridgehead atoms. The smallest absolute Gasteiger partial charge is 0.204 e. The summed E-state index contributed by atoms with van der Waals surface area (Å²) in [7, 11) is -3.36. The first-order valence-electron chi connectivity index (χ1n) is 9.56. The van der Waals surface area contributed by atoms with Crippen molar-refractivity contribution in [2.45, 2.75) is 40.0 Å². The van der Waals surface area contributed by atoms with E-state index in [9.17, 15) is 4.21 Å². The van der Waals surface area contributed by atoms with E-state index in [4.69, 9.17) is 16.7 Å². The van der Waals surface area contributed by atoms with Crippen LogP contribution in [0.5, 0.6) is 0 Å². The van der Waals surface area contributed by atoms with Crippen molar-refractivity contribution in [1.82, 2.24) is 0 Å². The van der Waals surface area contributed by atoms with Crippen LogP contribution in [0.25, 0.3) is 0 Å². The molecule has 0 aliphatic carbocycles. The topological polar surface area (TPSA) is 105 Å². The summed E-state index contributed by atoms with van der Waals surface area (Å²) in [6.45, 7) is 12.0. The van der Waals surface area contributed by atoms with Crippen molar-refractivity contribution < 1.29 is 13.8 Å². The van der Waals surface area contributed by atoms with E-state index in [2.05, 4.69) is 46.4 Å². The van der Waals surface area contributed by atoms with Gasteiger partial charge in [0.1, 0.15) is 0 Å². The van der Waals surface area contributed by atoms with Crippen molar-refractivity contribution in [3.8, 4) is 0 Å². The van der Waals surface area contributed by atoms with Crippen molar-refractivity contribution in [3.63, 3.8) is 0 Å². The number of hydrogen-bond acceptors (Lipinski definition) is 8. The molecule has 0 heterocycles. The summed E-state index contributed by atoms with van der Waals surface area (Å²) in [5.74, 6) is 0. The van der Waals surface area contributed by atoms with Gasteiger partial charge in [-0.25, -0.2) is 9.47 Å². The highest BCUT2D eigenvalue weighted by Gasteiger charge is 2.16. The first-order chi connectivity index (χ1) is 13.7. The van der Waals surface area contributed by atoms with Gasteiger partial charge in [-0.3, -0.25) is 0 Å². The Kier molecular flexibility index (Phi) is 12.4. The van der Waals surface area contributed by atoms with Crippen LogP contribution in [0.2, 0.25) is 0 Å². The van der Waals surface area contributed by atoms with Gasteiger partial charge in [0.05, 0.1) is 10.6 Å². The summed E-state index contributed by atoms with van der Waals surface area (Å²) in [6, 6.07) is 13.0. The van der Waals surface area contributed by atoms with Gasteiger partial charge in [-0.15, -0.1) is 4.33 Å². The van der Waals surface area contributed by atoms with Crippen LogP contribution in [0, 0.1) is 0 Å². The number of hydrogen-bond donors (Lipinski definition) is 3. The molecule has 0 saturated carbocycles. The fourth-order valence-corrected chi connectivity index (χ4v) is 3.97. The third-order valence-corrected chi connectivity index (χ3v) is 6.32. The number of anilines is 4. The van der Waals surface area contributed by atoms with Gasteiger partial charge in [-0.2, -0.15) is 0 Å². The van der Waals surface area contributed by atoms with Crippen molar-refractivity contribution in [3.05, 3.63) is 42.5 Å². The molecule has 0 saturated heterocycles. The van der Waals surface area contributed by atoms with Gasteiger partial charge in [-0.1, -0.05) is 7.43 Å². The number of benzene rings is 2. The average molecular weight is 457 g/mol. The molecule has 0 amide bonds. The second-order valence-corrected chi connectivity index (χ2v) is 9.00. The lowest BCUT2D eigenvalue weighted by atomic mass is 10.2.